The number of hydrogen-bond donors (Lipinski definition) is 1. The molecule has 0 saturated heterocycles. The number of nitrogens with zero attached hydrogens (tertiary/aromatic N) is 5. The maximum Gasteiger partial charge on any atom is 0.257 e. The number of carbonyl (C=O) groups excluding carboxylic acids is 1. The van der Waals surface area contributed by atoms with Crippen molar-refractivity contribution < 1.29 is 9.53 Å². The molecule has 0 radical (unpaired) electrons. The average molecular weight is 420 g/mol. The summed E-state index contributed by atoms with van der Waals surface area (Å²) in [7, 11) is 0. The summed E-state index contributed by atoms with van der Waals surface area (Å²) >= 11 is 1.39. The largest absolute Gasteiger partial charge is 0.486 e. The van der Waals surface area contributed by atoms with Crippen molar-refractivity contribution >= 4 is 22.4 Å². The first-order valence-corrected chi connectivity index (χ1v) is 10.3. The summed E-state index contributed by atoms with van der Waals surface area (Å²) in [6.07, 6.45) is 0. The fourth-order valence-corrected chi connectivity index (χ4v) is 3.52. The first kappa shape index (κ1) is 19.7. The van der Waals surface area contributed by atoms with Gasteiger partial charge in [0.2, 0.25) is 0 Å². The highest BCUT2D eigenvalue weighted by Crippen LogP contribution is 2.25. The topological polar surface area (TPSA) is 94.8 Å². The fraction of sp³-hybridized carbons (Fsp3) is 0.190. The molecule has 4 aromatic rings. The van der Waals surface area contributed by atoms with Crippen molar-refractivity contribution in [3.63, 3.8) is 0 Å². The lowest BCUT2D eigenvalue weighted by Gasteiger charge is -2.09. The predicted molar refractivity (Wildman–Crippen MR) is 114 cm³/mol. The standard InChI is InChI=1S/C21H20N6O2S/c1-14(2)27-19(24-25-26-27)12-29-17-10-8-16(9-11-17)20(28)23-21-22-18(13-30-21)15-6-4-3-5-7-15/h3-11,13-14H,12H2,1-2H3,(H,22,23,28). The monoisotopic (exact) mass is 420 g/mol. The predicted octanol–water partition coefficient (Wildman–Crippen LogP) is 4.21. The number of hydrogen-bond acceptors (Lipinski definition) is 7. The van der Waals surface area contributed by atoms with Gasteiger partial charge in [-0.25, -0.2) is 9.67 Å². The molecule has 0 aliphatic rings. The average Bonchev–Trinajstić information content (AvgIpc) is 3.43. The fourth-order valence-electron chi connectivity index (χ4n) is 2.80. The summed E-state index contributed by atoms with van der Waals surface area (Å²) in [5.74, 6) is 1.05. The van der Waals surface area contributed by atoms with Crippen molar-refractivity contribution in [2.75, 3.05) is 5.32 Å². The number of amides is 1. The van der Waals surface area contributed by atoms with Gasteiger partial charge >= 0.3 is 0 Å². The molecule has 4 rings (SSSR count). The van der Waals surface area contributed by atoms with E-state index in [1.165, 1.54) is 11.3 Å². The van der Waals surface area contributed by atoms with Gasteiger partial charge in [-0.15, -0.1) is 16.4 Å². The molecule has 2 aromatic heterocycles. The minimum atomic E-state index is -0.223. The minimum Gasteiger partial charge on any atom is -0.486 e. The van der Waals surface area contributed by atoms with E-state index in [-0.39, 0.29) is 18.6 Å². The van der Waals surface area contributed by atoms with Crippen LogP contribution in [-0.2, 0) is 6.61 Å². The zero-order valence-corrected chi connectivity index (χ0v) is 17.3. The lowest BCUT2D eigenvalue weighted by Crippen LogP contribution is -2.12. The molecule has 0 aliphatic heterocycles. The van der Waals surface area contributed by atoms with Crippen molar-refractivity contribution in [3.05, 3.63) is 71.4 Å². The summed E-state index contributed by atoms with van der Waals surface area (Å²) < 4.78 is 7.45. The molecule has 1 N–H and O–H groups in total. The minimum absolute atomic E-state index is 0.151. The van der Waals surface area contributed by atoms with E-state index in [0.29, 0.717) is 22.3 Å². The number of anilines is 1. The first-order valence-electron chi connectivity index (χ1n) is 9.42. The molecule has 0 unspecified atom stereocenters. The summed E-state index contributed by atoms with van der Waals surface area (Å²) in [5.41, 5.74) is 2.37. The van der Waals surface area contributed by atoms with E-state index in [1.807, 2.05) is 49.6 Å². The van der Waals surface area contributed by atoms with E-state index in [1.54, 1.807) is 28.9 Å². The molecular formula is C21H20N6O2S. The number of aromatic nitrogens is 5. The van der Waals surface area contributed by atoms with Crippen LogP contribution in [0.4, 0.5) is 5.13 Å². The molecule has 0 bridgehead atoms. The number of nitrogens with one attached hydrogen (secondary N) is 1. The van der Waals surface area contributed by atoms with Crippen LogP contribution in [0, 0.1) is 0 Å². The lowest BCUT2D eigenvalue weighted by molar-refractivity contribution is 0.102. The number of carbonyl (C=O) groups is 1. The second kappa shape index (κ2) is 8.83. The van der Waals surface area contributed by atoms with Gasteiger partial charge in [0, 0.05) is 16.5 Å². The summed E-state index contributed by atoms with van der Waals surface area (Å²) in [4.78, 5) is 17.0. The van der Waals surface area contributed by atoms with Gasteiger partial charge in [0.1, 0.15) is 12.4 Å². The zero-order valence-electron chi connectivity index (χ0n) is 16.5. The molecule has 2 heterocycles. The Hall–Kier alpha value is -3.59. The molecule has 1 amide bonds. The molecule has 30 heavy (non-hydrogen) atoms. The van der Waals surface area contributed by atoms with Gasteiger partial charge in [0.25, 0.3) is 5.91 Å². The molecule has 0 spiro atoms. The zero-order chi connectivity index (χ0) is 20.9. The van der Waals surface area contributed by atoms with Gasteiger partial charge in [-0.3, -0.25) is 10.1 Å². The summed E-state index contributed by atoms with van der Waals surface area (Å²) in [6.45, 7) is 4.25. The molecule has 2 aromatic carbocycles. The molecule has 0 saturated carbocycles. The van der Waals surface area contributed by atoms with Crippen molar-refractivity contribution in [2.45, 2.75) is 26.5 Å². The second-order valence-corrected chi connectivity index (χ2v) is 7.66. The van der Waals surface area contributed by atoms with Crippen LogP contribution in [0.25, 0.3) is 11.3 Å². The van der Waals surface area contributed by atoms with Crippen molar-refractivity contribution in [3.8, 4) is 17.0 Å². The Morgan fingerprint density at radius 2 is 1.90 bits per heavy atom. The number of thiazole rings is 1. The van der Waals surface area contributed by atoms with E-state index in [9.17, 15) is 4.79 Å². The van der Waals surface area contributed by atoms with Gasteiger partial charge in [0.05, 0.1) is 11.7 Å². The maximum absolute atomic E-state index is 12.5. The third-order valence-corrected chi connectivity index (χ3v) is 5.09. The maximum atomic E-state index is 12.5. The molecule has 0 atom stereocenters. The van der Waals surface area contributed by atoms with Gasteiger partial charge in [-0.1, -0.05) is 30.3 Å². The number of benzene rings is 2. The van der Waals surface area contributed by atoms with Crippen LogP contribution in [-0.4, -0.2) is 31.1 Å². The highest BCUT2D eigenvalue weighted by Gasteiger charge is 2.12. The highest BCUT2D eigenvalue weighted by atomic mass is 32.1. The Labute approximate surface area is 177 Å². The quantitative estimate of drug-likeness (QED) is 0.481. The van der Waals surface area contributed by atoms with Crippen LogP contribution >= 0.6 is 11.3 Å². The number of tetrazole rings is 1. The SMILES string of the molecule is CC(C)n1nnnc1COc1ccc(C(=O)Nc2nc(-c3ccccc3)cs2)cc1. The van der Waals surface area contributed by atoms with Crippen LogP contribution in [0.2, 0.25) is 0 Å². The first-order chi connectivity index (χ1) is 14.6. The lowest BCUT2D eigenvalue weighted by atomic mass is 10.2. The number of rotatable bonds is 7. The van der Waals surface area contributed by atoms with Gasteiger partial charge in [-0.2, -0.15) is 0 Å². The Kier molecular flexibility index (Phi) is 5.80. The van der Waals surface area contributed by atoms with Crippen LogP contribution in [0.1, 0.15) is 36.1 Å². The highest BCUT2D eigenvalue weighted by molar-refractivity contribution is 7.14. The smallest absolute Gasteiger partial charge is 0.257 e. The Morgan fingerprint density at radius 1 is 1.13 bits per heavy atom. The van der Waals surface area contributed by atoms with Gasteiger partial charge in [0.15, 0.2) is 11.0 Å². The van der Waals surface area contributed by atoms with E-state index >= 15 is 0 Å². The van der Waals surface area contributed by atoms with Crippen molar-refractivity contribution in [1.29, 1.82) is 0 Å². The molecule has 9 heteroatoms. The van der Waals surface area contributed by atoms with E-state index in [4.69, 9.17) is 4.74 Å². The van der Waals surface area contributed by atoms with E-state index in [2.05, 4.69) is 25.8 Å². The van der Waals surface area contributed by atoms with E-state index in [0.717, 1.165) is 11.3 Å². The Balaban J connectivity index is 1.36. The molecule has 8 nitrogen and oxygen atoms in total. The molecular weight excluding hydrogens is 400 g/mol. The normalized spacial score (nSPS) is 10.9. The van der Waals surface area contributed by atoms with Crippen LogP contribution in [0.5, 0.6) is 5.75 Å². The summed E-state index contributed by atoms with van der Waals surface area (Å²) in [5, 5.41) is 16.9. The summed E-state index contributed by atoms with van der Waals surface area (Å²) in [6, 6.07) is 16.9. The third-order valence-electron chi connectivity index (χ3n) is 4.33. The Bertz CT molecular complexity index is 1120. The van der Waals surface area contributed by atoms with Crippen LogP contribution < -0.4 is 10.1 Å². The molecule has 152 valence electrons. The van der Waals surface area contributed by atoms with Crippen LogP contribution in [0.3, 0.4) is 0 Å². The van der Waals surface area contributed by atoms with Crippen molar-refractivity contribution in [2.24, 2.45) is 0 Å². The van der Waals surface area contributed by atoms with Gasteiger partial charge < -0.3 is 4.74 Å². The van der Waals surface area contributed by atoms with E-state index < -0.39 is 0 Å². The molecule has 0 aliphatic carbocycles. The van der Waals surface area contributed by atoms with Crippen molar-refractivity contribution in [1.82, 2.24) is 25.2 Å². The Morgan fingerprint density at radius 3 is 2.63 bits per heavy atom. The molecule has 0 fully saturated rings. The second-order valence-electron chi connectivity index (χ2n) is 6.80. The van der Waals surface area contributed by atoms with Gasteiger partial charge in [-0.05, 0) is 48.5 Å². The van der Waals surface area contributed by atoms with Crippen LogP contribution in [0.15, 0.2) is 60.0 Å². The third kappa shape index (κ3) is 4.52. The number of ether oxygens (including phenoxy) is 1.